The van der Waals surface area contributed by atoms with E-state index in [1.54, 1.807) is 25.1 Å². The highest BCUT2D eigenvalue weighted by Gasteiger charge is 2.13. The molecule has 1 aromatic heterocycles. The molecule has 0 aliphatic heterocycles. The second-order valence-electron chi connectivity index (χ2n) is 3.32. The Labute approximate surface area is 93.9 Å². The van der Waals surface area contributed by atoms with Crippen molar-refractivity contribution in [2.75, 3.05) is 18.5 Å². The molecule has 0 bridgehead atoms. The molecule has 1 heterocycles. The van der Waals surface area contributed by atoms with Gasteiger partial charge in [0.2, 0.25) is 0 Å². The molecule has 15 heavy (non-hydrogen) atoms. The molecule has 1 rings (SSSR count). The molecule has 1 aromatic rings. The van der Waals surface area contributed by atoms with Crippen molar-refractivity contribution in [3.8, 4) is 0 Å². The third kappa shape index (κ3) is 3.10. The Morgan fingerprint density at radius 1 is 1.60 bits per heavy atom. The van der Waals surface area contributed by atoms with E-state index in [-0.39, 0.29) is 4.99 Å². The molecule has 82 valence electrons. The van der Waals surface area contributed by atoms with Gasteiger partial charge in [0.05, 0.1) is 6.10 Å². The van der Waals surface area contributed by atoms with Gasteiger partial charge in [-0.1, -0.05) is 12.2 Å². The minimum atomic E-state index is -0.448. The summed E-state index contributed by atoms with van der Waals surface area (Å²) in [6.45, 7) is 2.15. The van der Waals surface area contributed by atoms with Crippen molar-refractivity contribution in [1.29, 1.82) is 0 Å². The van der Waals surface area contributed by atoms with E-state index in [0.29, 0.717) is 18.1 Å². The maximum atomic E-state index is 9.26. The maximum absolute atomic E-state index is 9.26. The molecule has 0 aliphatic carbocycles. The van der Waals surface area contributed by atoms with Crippen molar-refractivity contribution in [2.45, 2.75) is 13.0 Å². The Hall–Kier alpha value is -1.27. The van der Waals surface area contributed by atoms with Gasteiger partial charge in [-0.2, -0.15) is 0 Å². The number of aromatic nitrogens is 2. The highest BCUT2D eigenvalue weighted by molar-refractivity contribution is 7.80. The first-order valence-electron chi connectivity index (χ1n) is 4.52. The predicted molar refractivity (Wildman–Crippen MR) is 62.9 cm³/mol. The summed E-state index contributed by atoms with van der Waals surface area (Å²) in [5, 5.41) is 9.26. The lowest BCUT2D eigenvalue weighted by Crippen LogP contribution is -2.30. The van der Waals surface area contributed by atoms with E-state index in [9.17, 15) is 5.11 Å². The van der Waals surface area contributed by atoms with Gasteiger partial charge >= 0.3 is 0 Å². The molecule has 0 aliphatic rings. The smallest absolute Gasteiger partial charge is 0.157 e. The van der Waals surface area contributed by atoms with Gasteiger partial charge in [0.25, 0.3) is 0 Å². The van der Waals surface area contributed by atoms with Gasteiger partial charge in [0, 0.05) is 26.0 Å². The number of rotatable bonds is 4. The molecule has 1 atom stereocenters. The normalized spacial score (nSPS) is 12.2. The lowest BCUT2D eigenvalue weighted by Gasteiger charge is -2.21. The fourth-order valence-electron chi connectivity index (χ4n) is 1.27. The van der Waals surface area contributed by atoms with Crippen LogP contribution in [0.15, 0.2) is 12.4 Å². The summed E-state index contributed by atoms with van der Waals surface area (Å²) < 4.78 is 0. The molecule has 0 radical (unpaired) electrons. The highest BCUT2D eigenvalue weighted by atomic mass is 32.1. The molecular weight excluding hydrogens is 212 g/mol. The summed E-state index contributed by atoms with van der Waals surface area (Å²) in [5.41, 5.74) is 6.01. The molecule has 0 aromatic carbocycles. The number of hydrogen-bond acceptors (Lipinski definition) is 5. The minimum absolute atomic E-state index is 0.204. The summed E-state index contributed by atoms with van der Waals surface area (Å²) in [6, 6.07) is 0. The van der Waals surface area contributed by atoms with Crippen molar-refractivity contribution < 1.29 is 5.11 Å². The van der Waals surface area contributed by atoms with E-state index >= 15 is 0 Å². The third-order valence-electron chi connectivity index (χ3n) is 1.81. The summed E-state index contributed by atoms with van der Waals surface area (Å²) in [6.07, 6.45) is 2.65. The Bertz CT molecular complexity index is 356. The van der Waals surface area contributed by atoms with Crippen LogP contribution in [0.4, 0.5) is 5.82 Å². The fraction of sp³-hybridized carbons (Fsp3) is 0.444. The Balaban J connectivity index is 2.97. The zero-order valence-electron chi connectivity index (χ0n) is 8.71. The van der Waals surface area contributed by atoms with Crippen molar-refractivity contribution >= 4 is 23.0 Å². The second kappa shape index (κ2) is 4.99. The minimum Gasteiger partial charge on any atom is -0.392 e. The van der Waals surface area contributed by atoms with E-state index in [0.717, 1.165) is 0 Å². The van der Waals surface area contributed by atoms with E-state index in [2.05, 4.69) is 9.97 Å². The van der Waals surface area contributed by atoms with Crippen LogP contribution in [0.3, 0.4) is 0 Å². The Morgan fingerprint density at radius 3 is 2.73 bits per heavy atom. The zero-order chi connectivity index (χ0) is 11.4. The monoisotopic (exact) mass is 226 g/mol. The van der Waals surface area contributed by atoms with Crippen LogP contribution in [0.1, 0.15) is 12.6 Å². The first kappa shape index (κ1) is 11.8. The molecule has 0 spiro atoms. The van der Waals surface area contributed by atoms with Crippen molar-refractivity contribution in [3.63, 3.8) is 0 Å². The number of thiocarbonyl (C=S) groups is 1. The number of aliphatic hydroxyl groups excluding tert-OH is 1. The van der Waals surface area contributed by atoms with E-state index in [4.69, 9.17) is 18.0 Å². The van der Waals surface area contributed by atoms with Crippen LogP contribution in [0.25, 0.3) is 0 Å². The average molecular weight is 226 g/mol. The largest absolute Gasteiger partial charge is 0.392 e. The molecule has 1 unspecified atom stereocenters. The summed E-state index contributed by atoms with van der Waals surface area (Å²) in [4.78, 5) is 10.2. The Kier molecular flexibility index (Phi) is 3.93. The van der Waals surface area contributed by atoms with Crippen LogP contribution in [0.2, 0.25) is 0 Å². The molecule has 3 N–H and O–H groups in total. The van der Waals surface area contributed by atoms with Crippen LogP contribution in [-0.4, -0.2) is 39.8 Å². The Morgan fingerprint density at radius 2 is 2.20 bits per heavy atom. The SMILES string of the molecule is CC(O)CN(C)c1nccnc1C(N)=S. The van der Waals surface area contributed by atoms with Gasteiger partial charge in [-0.05, 0) is 6.92 Å². The highest BCUT2D eigenvalue weighted by Crippen LogP contribution is 2.13. The number of anilines is 1. The van der Waals surface area contributed by atoms with Crippen LogP contribution < -0.4 is 10.6 Å². The molecule has 0 saturated carbocycles. The summed E-state index contributed by atoms with van der Waals surface area (Å²) >= 11 is 4.87. The number of likely N-dealkylation sites (N-methyl/N-ethyl adjacent to an activating group) is 1. The average Bonchev–Trinajstić information content (AvgIpc) is 2.16. The van der Waals surface area contributed by atoms with Gasteiger partial charge in [0.1, 0.15) is 10.7 Å². The standard InChI is InChI=1S/C9H14N4OS/c1-6(14)5-13(2)9-7(8(10)15)11-3-4-12-9/h3-4,6,14H,5H2,1-2H3,(H2,10,15). The van der Waals surface area contributed by atoms with Gasteiger partial charge in [-0.3, -0.25) is 0 Å². The summed E-state index contributed by atoms with van der Waals surface area (Å²) in [7, 11) is 1.80. The summed E-state index contributed by atoms with van der Waals surface area (Å²) in [5.74, 6) is 0.589. The van der Waals surface area contributed by atoms with E-state index in [1.807, 2.05) is 0 Å². The maximum Gasteiger partial charge on any atom is 0.157 e. The van der Waals surface area contributed by atoms with Crippen molar-refractivity contribution in [2.24, 2.45) is 5.73 Å². The molecule has 5 nitrogen and oxygen atoms in total. The van der Waals surface area contributed by atoms with E-state index < -0.39 is 6.10 Å². The van der Waals surface area contributed by atoms with E-state index in [1.165, 1.54) is 6.20 Å². The lowest BCUT2D eigenvalue weighted by atomic mass is 10.3. The van der Waals surface area contributed by atoms with Crippen LogP contribution in [0, 0.1) is 0 Å². The molecule has 0 fully saturated rings. The van der Waals surface area contributed by atoms with Crippen LogP contribution >= 0.6 is 12.2 Å². The number of nitrogens with zero attached hydrogens (tertiary/aromatic N) is 3. The molecule has 0 saturated heterocycles. The topological polar surface area (TPSA) is 75.3 Å². The molecular formula is C9H14N4OS. The first-order valence-corrected chi connectivity index (χ1v) is 4.93. The van der Waals surface area contributed by atoms with Gasteiger partial charge < -0.3 is 15.7 Å². The van der Waals surface area contributed by atoms with Gasteiger partial charge in [-0.15, -0.1) is 0 Å². The molecule has 6 heteroatoms. The predicted octanol–water partition coefficient (Wildman–Crippen LogP) is -0.0722. The number of nitrogens with two attached hydrogens (primary N) is 1. The third-order valence-corrected chi connectivity index (χ3v) is 2.01. The quantitative estimate of drug-likeness (QED) is 0.700. The van der Waals surface area contributed by atoms with Crippen LogP contribution in [-0.2, 0) is 0 Å². The second-order valence-corrected chi connectivity index (χ2v) is 3.76. The van der Waals surface area contributed by atoms with Crippen molar-refractivity contribution in [1.82, 2.24) is 9.97 Å². The van der Waals surface area contributed by atoms with Gasteiger partial charge in [-0.25, -0.2) is 9.97 Å². The number of aliphatic hydroxyl groups is 1. The van der Waals surface area contributed by atoms with Crippen molar-refractivity contribution in [3.05, 3.63) is 18.1 Å². The fourth-order valence-corrected chi connectivity index (χ4v) is 1.41. The number of hydrogen-bond donors (Lipinski definition) is 2. The molecule has 0 amide bonds. The first-order chi connectivity index (χ1) is 7.02. The lowest BCUT2D eigenvalue weighted by molar-refractivity contribution is 0.201. The zero-order valence-corrected chi connectivity index (χ0v) is 9.53. The van der Waals surface area contributed by atoms with Crippen LogP contribution in [0.5, 0.6) is 0 Å². The van der Waals surface area contributed by atoms with Gasteiger partial charge in [0.15, 0.2) is 5.82 Å².